The van der Waals surface area contributed by atoms with E-state index in [1.54, 1.807) is 6.20 Å². The van der Waals surface area contributed by atoms with E-state index >= 15 is 0 Å². The predicted octanol–water partition coefficient (Wildman–Crippen LogP) is 6.13. The zero-order chi connectivity index (χ0) is 24.5. The van der Waals surface area contributed by atoms with Crippen LogP contribution < -0.4 is 4.74 Å². The minimum atomic E-state index is 0.239. The van der Waals surface area contributed by atoms with Crippen LogP contribution in [-0.4, -0.2) is 29.8 Å². The fourth-order valence-electron chi connectivity index (χ4n) is 4.09. The third-order valence-electron chi connectivity index (χ3n) is 5.86. The van der Waals surface area contributed by atoms with Gasteiger partial charge in [0.05, 0.1) is 0 Å². The minimum absolute atomic E-state index is 0.239. The van der Waals surface area contributed by atoms with Crippen molar-refractivity contribution in [1.29, 1.82) is 0 Å². The molecule has 0 spiro atoms. The second-order valence-electron chi connectivity index (χ2n) is 9.12. The zero-order valence-electron chi connectivity index (χ0n) is 20.5. The second kappa shape index (κ2) is 12.1. The summed E-state index contributed by atoms with van der Waals surface area (Å²) in [5.74, 6) is 1.10. The molecular formula is C31H32N2O2. The van der Waals surface area contributed by atoms with Crippen LogP contribution in [0.15, 0.2) is 97.3 Å². The molecule has 35 heavy (non-hydrogen) atoms. The number of hydrogen-bond donors (Lipinski definition) is 0. The van der Waals surface area contributed by atoms with Crippen LogP contribution in [-0.2, 0) is 30.8 Å². The van der Waals surface area contributed by atoms with Gasteiger partial charge < -0.3 is 9.64 Å². The highest BCUT2D eigenvalue weighted by molar-refractivity contribution is 5.81. The maximum atomic E-state index is 12.4. The van der Waals surface area contributed by atoms with Gasteiger partial charge in [0.15, 0.2) is 0 Å². The van der Waals surface area contributed by atoms with E-state index in [0.29, 0.717) is 19.4 Å². The lowest BCUT2D eigenvalue weighted by Gasteiger charge is -2.14. The van der Waals surface area contributed by atoms with Crippen molar-refractivity contribution in [3.63, 3.8) is 0 Å². The molecule has 0 radical (unpaired) electrons. The molecule has 1 heterocycles. The lowest BCUT2D eigenvalue weighted by molar-refractivity contribution is -0.118. The average molecular weight is 465 g/mol. The molecule has 0 bridgehead atoms. The van der Waals surface area contributed by atoms with E-state index in [1.807, 2.05) is 60.8 Å². The van der Waals surface area contributed by atoms with Crippen molar-refractivity contribution in [3.8, 4) is 16.9 Å². The number of para-hydroxylation sites is 1. The molecule has 0 fully saturated rings. The summed E-state index contributed by atoms with van der Waals surface area (Å²) in [4.78, 5) is 18.7. The van der Waals surface area contributed by atoms with Crippen LogP contribution in [0.5, 0.6) is 5.75 Å². The first-order valence-corrected chi connectivity index (χ1v) is 12.0. The molecule has 4 aromatic rings. The van der Waals surface area contributed by atoms with E-state index in [0.717, 1.165) is 46.5 Å². The number of aryl methyl sites for hydroxylation is 1. The summed E-state index contributed by atoms with van der Waals surface area (Å²) in [7, 11) is 4.15. The normalized spacial score (nSPS) is 10.9. The van der Waals surface area contributed by atoms with E-state index in [9.17, 15) is 4.79 Å². The van der Waals surface area contributed by atoms with Gasteiger partial charge in [-0.3, -0.25) is 9.78 Å². The van der Waals surface area contributed by atoms with Crippen molar-refractivity contribution in [1.82, 2.24) is 9.88 Å². The van der Waals surface area contributed by atoms with E-state index in [2.05, 4.69) is 54.3 Å². The summed E-state index contributed by atoms with van der Waals surface area (Å²) >= 11 is 0. The van der Waals surface area contributed by atoms with E-state index in [4.69, 9.17) is 4.74 Å². The molecule has 0 saturated carbocycles. The summed E-state index contributed by atoms with van der Waals surface area (Å²) in [5, 5.41) is 0. The van der Waals surface area contributed by atoms with E-state index in [-0.39, 0.29) is 5.78 Å². The van der Waals surface area contributed by atoms with Crippen LogP contribution in [0, 0.1) is 0 Å². The lowest BCUT2D eigenvalue weighted by Crippen LogP contribution is -2.10. The Morgan fingerprint density at radius 3 is 2.37 bits per heavy atom. The molecule has 0 N–H and O–H groups in total. The molecule has 4 rings (SSSR count). The Morgan fingerprint density at radius 1 is 0.829 bits per heavy atom. The van der Waals surface area contributed by atoms with Crippen molar-refractivity contribution in [2.45, 2.75) is 32.4 Å². The summed E-state index contributed by atoms with van der Waals surface area (Å²) in [5.41, 5.74) is 6.71. The third-order valence-corrected chi connectivity index (χ3v) is 5.86. The maximum Gasteiger partial charge on any atom is 0.137 e. The van der Waals surface area contributed by atoms with Gasteiger partial charge in [-0.1, -0.05) is 66.7 Å². The molecule has 4 heteroatoms. The fraction of sp³-hybridized carbons (Fsp3) is 0.226. The van der Waals surface area contributed by atoms with Crippen LogP contribution in [0.2, 0.25) is 0 Å². The third kappa shape index (κ3) is 7.36. The Balaban J connectivity index is 1.34. The number of ketones is 1. The number of Topliss-reactive ketones (excluding diaryl/α,β-unsaturated/α-hetero) is 1. The number of nitrogens with zero attached hydrogens (tertiary/aromatic N) is 2. The Bertz CT molecular complexity index is 1230. The molecule has 0 aliphatic heterocycles. The number of carbonyl (C=O) groups excluding carboxylic acids is 1. The van der Waals surface area contributed by atoms with Crippen molar-refractivity contribution in [3.05, 3.63) is 120 Å². The van der Waals surface area contributed by atoms with Crippen molar-refractivity contribution < 1.29 is 9.53 Å². The Morgan fingerprint density at radius 2 is 1.60 bits per heavy atom. The van der Waals surface area contributed by atoms with Gasteiger partial charge in [-0.15, -0.1) is 0 Å². The van der Waals surface area contributed by atoms with Gasteiger partial charge in [-0.05, 0) is 66.5 Å². The number of hydrogen-bond acceptors (Lipinski definition) is 4. The summed E-state index contributed by atoms with van der Waals surface area (Å²) in [6.45, 7) is 1.37. The largest absolute Gasteiger partial charge is 0.488 e. The van der Waals surface area contributed by atoms with Gasteiger partial charge in [-0.2, -0.15) is 0 Å². The summed E-state index contributed by atoms with van der Waals surface area (Å²) in [6, 6.07) is 28.8. The molecule has 3 aromatic carbocycles. The monoisotopic (exact) mass is 464 g/mol. The summed E-state index contributed by atoms with van der Waals surface area (Å²) < 4.78 is 6.22. The molecule has 0 aliphatic carbocycles. The molecule has 1 aromatic heterocycles. The Hall–Kier alpha value is -3.76. The van der Waals surface area contributed by atoms with Crippen LogP contribution in [0.1, 0.15) is 28.7 Å². The van der Waals surface area contributed by atoms with Gasteiger partial charge in [0.2, 0.25) is 0 Å². The average Bonchev–Trinajstić information content (AvgIpc) is 2.88. The first-order chi connectivity index (χ1) is 17.1. The SMILES string of the molecule is CN(C)Cc1cccc(-c2ccccc2OCc2ccc(CC(=O)CCc3cccnc3)cc2)c1. The number of rotatable bonds is 11. The van der Waals surface area contributed by atoms with Crippen molar-refractivity contribution >= 4 is 5.78 Å². The van der Waals surface area contributed by atoms with Crippen LogP contribution in [0.3, 0.4) is 0 Å². The fourth-order valence-corrected chi connectivity index (χ4v) is 4.09. The molecule has 0 atom stereocenters. The summed E-state index contributed by atoms with van der Waals surface area (Å²) in [6.07, 6.45) is 5.28. The maximum absolute atomic E-state index is 12.4. The zero-order valence-corrected chi connectivity index (χ0v) is 20.5. The standard InChI is InChI=1S/C31H32N2O2/c1-33(2)22-27-7-5-9-28(19-27)30-10-3-4-11-31(30)35-23-26-14-12-24(13-15-26)20-29(34)17-16-25-8-6-18-32-21-25/h3-15,18-19,21H,16-17,20,22-23H2,1-2H3. The number of benzene rings is 3. The quantitative estimate of drug-likeness (QED) is 0.268. The van der Waals surface area contributed by atoms with Crippen molar-refractivity contribution in [2.24, 2.45) is 0 Å². The lowest BCUT2D eigenvalue weighted by atomic mass is 10.0. The van der Waals surface area contributed by atoms with E-state index in [1.165, 1.54) is 5.56 Å². The highest BCUT2D eigenvalue weighted by Gasteiger charge is 2.09. The van der Waals surface area contributed by atoms with Crippen LogP contribution in [0.4, 0.5) is 0 Å². The first kappa shape index (κ1) is 24.4. The highest BCUT2D eigenvalue weighted by Crippen LogP contribution is 2.31. The first-order valence-electron chi connectivity index (χ1n) is 12.0. The number of pyridine rings is 1. The second-order valence-corrected chi connectivity index (χ2v) is 9.12. The molecule has 0 aliphatic rings. The highest BCUT2D eigenvalue weighted by atomic mass is 16.5. The van der Waals surface area contributed by atoms with Crippen LogP contribution in [0.25, 0.3) is 11.1 Å². The number of carbonyl (C=O) groups is 1. The van der Waals surface area contributed by atoms with Gasteiger partial charge in [0.25, 0.3) is 0 Å². The molecule has 0 saturated heterocycles. The van der Waals surface area contributed by atoms with Crippen molar-refractivity contribution in [2.75, 3.05) is 14.1 Å². The van der Waals surface area contributed by atoms with Gasteiger partial charge >= 0.3 is 0 Å². The predicted molar refractivity (Wildman–Crippen MR) is 141 cm³/mol. The smallest absolute Gasteiger partial charge is 0.137 e. The number of ether oxygens (including phenoxy) is 1. The number of aromatic nitrogens is 1. The topological polar surface area (TPSA) is 42.4 Å². The molecule has 0 unspecified atom stereocenters. The molecule has 0 amide bonds. The Kier molecular flexibility index (Phi) is 8.42. The van der Waals surface area contributed by atoms with Crippen LogP contribution >= 0.6 is 0 Å². The van der Waals surface area contributed by atoms with E-state index < -0.39 is 0 Å². The molecule has 4 nitrogen and oxygen atoms in total. The molecule has 178 valence electrons. The van der Waals surface area contributed by atoms with Gasteiger partial charge in [-0.25, -0.2) is 0 Å². The Labute approximate surface area is 208 Å². The molecular weight excluding hydrogens is 432 g/mol. The van der Waals surface area contributed by atoms with Gasteiger partial charge in [0, 0.05) is 37.3 Å². The van der Waals surface area contributed by atoms with Gasteiger partial charge in [0.1, 0.15) is 18.1 Å². The minimum Gasteiger partial charge on any atom is -0.488 e.